The number of carbonyl (C=O) groups excluding carboxylic acids is 1. The number of nitrogens with zero attached hydrogens (tertiary/aromatic N) is 1. The van der Waals surface area contributed by atoms with E-state index in [1.807, 2.05) is 31.2 Å². The van der Waals surface area contributed by atoms with Crippen LogP contribution in [0.1, 0.15) is 17.5 Å². The van der Waals surface area contributed by atoms with Crippen molar-refractivity contribution in [1.82, 2.24) is 21.2 Å². The molecule has 2 unspecified atom stereocenters. The van der Waals surface area contributed by atoms with Gasteiger partial charge in [-0.1, -0.05) is 0 Å². The molecule has 1 amide bonds. The molecule has 3 heterocycles. The van der Waals surface area contributed by atoms with Gasteiger partial charge in [0, 0.05) is 25.0 Å². The third-order valence-electron chi connectivity index (χ3n) is 4.68. The van der Waals surface area contributed by atoms with Crippen molar-refractivity contribution in [1.29, 1.82) is 0 Å². The number of amides is 1. The van der Waals surface area contributed by atoms with Gasteiger partial charge in [0.1, 0.15) is 18.4 Å². The summed E-state index contributed by atoms with van der Waals surface area (Å²) in [5.41, 5.74) is 8.28. The highest BCUT2D eigenvalue weighted by Crippen LogP contribution is 2.35. The van der Waals surface area contributed by atoms with Crippen LogP contribution >= 0.6 is 0 Å². The quantitative estimate of drug-likeness (QED) is 0.700. The summed E-state index contributed by atoms with van der Waals surface area (Å²) in [5, 5.41) is 2.96. The molecule has 0 radical (unpaired) electrons. The molecule has 0 bridgehead atoms. The predicted octanol–water partition coefficient (Wildman–Crippen LogP) is 1.05. The number of hydrazine groups is 1. The number of aromatic nitrogens is 1. The van der Waals surface area contributed by atoms with Crippen LogP contribution in [0.2, 0.25) is 0 Å². The summed E-state index contributed by atoms with van der Waals surface area (Å²) in [4.78, 5) is 16.4. The number of hydrogen-bond donors (Lipinski definition) is 3. The minimum absolute atomic E-state index is 0.0360. The third-order valence-corrected chi connectivity index (χ3v) is 4.68. The van der Waals surface area contributed by atoms with Crippen molar-refractivity contribution < 1.29 is 19.0 Å². The second-order valence-corrected chi connectivity index (χ2v) is 6.62. The molecule has 1 fully saturated rings. The van der Waals surface area contributed by atoms with Crippen LogP contribution in [0.5, 0.6) is 17.2 Å². The Morgan fingerprint density at radius 3 is 3.07 bits per heavy atom. The van der Waals surface area contributed by atoms with Crippen molar-refractivity contribution in [3.05, 3.63) is 47.8 Å². The van der Waals surface area contributed by atoms with E-state index < -0.39 is 0 Å². The second kappa shape index (κ2) is 7.81. The third kappa shape index (κ3) is 4.12. The molecule has 2 aromatic rings. The Balaban J connectivity index is 1.23. The van der Waals surface area contributed by atoms with E-state index in [1.54, 1.807) is 12.4 Å². The lowest BCUT2D eigenvalue weighted by atomic mass is 10.1. The Kier molecular flexibility index (Phi) is 5.08. The molecule has 1 aromatic carbocycles. The number of nitrogens with one attached hydrogen (secondary N) is 3. The van der Waals surface area contributed by atoms with E-state index in [9.17, 15) is 4.79 Å². The van der Waals surface area contributed by atoms with Gasteiger partial charge in [0.25, 0.3) is 0 Å². The number of aryl methyl sites for hydroxylation is 1. The Morgan fingerprint density at radius 2 is 2.19 bits per heavy atom. The summed E-state index contributed by atoms with van der Waals surface area (Å²) in [6.07, 6.45) is 4.17. The zero-order valence-corrected chi connectivity index (χ0v) is 15.0. The van der Waals surface area contributed by atoms with Gasteiger partial charge in [-0.05, 0) is 42.7 Å². The predicted molar refractivity (Wildman–Crippen MR) is 97.3 cm³/mol. The molecule has 8 heteroatoms. The fourth-order valence-electron chi connectivity index (χ4n) is 3.07. The Hall–Kier alpha value is -2.84. The molecule has 27 heavy (non-hydrogen) atoms. The minimum Gasteiger partial charge on any atom is -0.492 e. The smallest absolute Gasteiger partial charge is 0.238 e. The topological polar surface area (TPSA) is 93.7 Å². The number of rotatable bonds is 6. The van der Waals surface area contributed by atoms with Crippen LogP contribution in [0.25, 0.3) is 0 Å². The van der Waals surface area contributed by atoms with E-state index in [-0.39, 0.29) is 24.8 Å². The van der Waals surface area contributed by atoms with Gasteiger partial charge in [-0.2, -0.15) is 0 Å². The molecular formula is C19H22N4O4. The molecular weight excluding hydrogens is 348 g/mol. The van der Waals surface area contributed by atoms with Crippen LogP contribution in [0.4, 0.5) is 0 Å². The molecule has 0 spiro atoms. The van der Waals surface area contributed by atoms with E-state index in [0.717, 1.165) is 16.9 Å². The molecule has 2 atom stereocenters. The van der Waals surface area contributed by atoms with Crippen molar-refractivity contribution in [3.8, 4) is 17.2 Å². The Labute approximate surface area is 157 Å². The number of hydrogen-bond acceptors (Lipinski definition) is 7. The first-order valence-corrected chi connectivity index (χ1v) is 8.90. The normalized spacial score (nSPS) is 20.5. The number of fused-ring (bicyclic) bond motifs is 1. The Morgan fingerprint density at radius 1 is 1.30 bits per heavy atom. The van der Waals surface area contributed by atoms with E-state index >= 15 is 0 Å². The Bertz CT molecular complexity index is 829. The van der Waals surface area contributed by atoms with Crippen LogP contribution in [0.3, 0.4) is 0 Å². The number of benzene rings is 1. The molecule has 3 N–H and O–H groups in total. The maximum Gasteiger partial charge on any atom is 0.238 e. The van der Waals surface area contributed by atoms with Crippen LogP contribution in [-0.2, 0) is 11.3 Å². The molecule has 0 saturated carbocycles. The first kappa shape index (κ1) is 17.6. The first-order valence-electron chi connectivity index (χ1n) is 8.90. The number of ether oxygens (including phenoxy) is 3. The van der Waals surface area contributed by atoms with Gasteiger partial charge < -0.3 is 19.5 Å². The van der Waals surface area contributed by atoms with Gasteiger partial charge in [-0.25, -0.2) is 5.43 Å². The highest BCUT2D eigenvalue weighted by Gasteiger charge is 2.29. The van der Waals surface area contributed by atoms with Gasteiger partial charge in [-0.15, -0.1) is 0 Å². The fourth-order valence-corrected chi connectivity index (χ4v) is 3.07. The first-order chi connectivity index (χ1) is 13.2. The zero-order valence-electron chi connectivity index (χ0n) is 15.0. The summed E-state index contributed by atoms with van der Waals surface area (Å²) in [6.45, 7) is 3.15. The lowest BCUT2D eigenvalue weighted by molar-refractivity contribution is -0.123. The van der Waals surface area contributed by atoms with Gasteiger partial charge in [0.15, 0.2) is 11.5 Å². The highest BCUT2D eigenvalue weighted by atomic mass is 16.7. The van der Waals surface area contributed by atoms with E-state index in [1.165, 1.54) is 0 Å². The molecule has 1 saturated heterocycles. The lowest BCUT2D eigenvalue weighted by Crippen LogP contribution is -2.43. The second-order valence-electron chi connectivity index (χ2n) is 6.62. The molecule has 2 aliphatic rings. The largest absolute Gasteiger partial charge is 0.492 e. The average molecular weight is 370 g/mol. The van der Waals surface area contributed by atoms with Gasteiger partial charge in [0.05, 0.1) is 6.04 Å². The number of pyridine rings is 1. The summed E-state index contributed by atoms with van der Waals surface area (Å²) in [5.74, 6) is 2.09. The van der Waals surface area contributed by atoms with Crippen LogP contribution in [0.15, 0.2) is 36.7 Å². The van der Waals surface area contributed by atoms with Gasteiger partial charge >= 0.3 is 0 Å². The monoisotopic (exact) mass is 370 g/mol. The van der Waals surface area contributed by atoms with E-state index in [0.29, 0.717) is 31.1 Å². The standard InChI is InChI=1S/C19H22N4O4/c1-12-8-20-5-4-13(12)9-21-19(24)16-6-14(22-23-16)10-25-15-2-3-17-18(7-15)27-11-26-17/h2-5,7-8,14,16,22-23H,6,9-11H2,1H3,(H,21,24). The summed E-state index contributed by atoms with van der Waals surface area (Å²) in [7, 11) is 0. The van der Waals surface area contributed by atoms with Crippen LogP contribution < -0.4 is 30.4 Å². The van der Waals surface area contributed by atoms with Crippen molar-refractivity contribution in [3.63, 3.8) is 0 Å². The maximum atomic E-state index is 12.4. The van der Waals surface area contributed by atoms with E-state index in [4.69, 9.17) is 14.2 Å². The fraction of sp³-hybridized carbons (Fsp3) is 0.368. The van der Waals surface area contributed by atoms with Crippen molar-refractivity contribution >= 4 is 5.91 Å². The SMILES string of the molecule is Cc1cnccc1CNC(=O)C1CC(COc2ccc3c(c2)OCO3)NN1. The van der Waals surface area contributed by atoms with Crippen molar-refractivity contribution in [2.45, 2.75) is 32.0 Å². The van der Waals surface area contributed by atoms with Crippen molar-refractivity contribution in [2.24, 2.45) is 0 Å². The molecule has 8 nitrogen and oxygen atoms in total. The molecule has 0 aliphatic carbocycles. The maximum absolute atomic E-state index is 12.4. The molecule has 1 aromatic heterocycles. The summed E-state index contributed by atoms with van der Waals surface area (Å²) < 4.78 is 16.4. The summed E-state index contributed by atoms with van der Waals surface area (Å²) >= 11 is 0. The lowest BCUT2D eigenvalue weighted by Gasteiger charge is -2.12. The molecule has 2 aliphatic heterocycles. The zero-order chi connectivity index (χ0) is 18.6. The highest BCUT2D eigenvalue weighted by molar-refractivity contribution is 5.82. The molecule has 142 valence electrons. The van der Waals surface area contributed by atoms with Crippen LogP contribution in [-0.4, -0.2) is 36.4 Å². The van der Waals surface area contributed by atoms with E-state index in [2.05, 4.69) is 21.2 Å². The van der Waals surface area contributed by atoms with Crippen molar-refractivity contribution in [2.75, 3.05) is 13.4 Å². The minimum atomic E-state index is -0.294. The van der Waals surface area contributed by atoms with Crippen LogP contribution in [0, 0.1) is 6.92 Å². The van der Waals surface area contributed by atoms with Gasteiger partial charge in [-0.3, -0.25) is 15.2 Å². The summed E-state index contributed by atoms with van der Waals surface area (Å²) in [6, 6.07) is 7.14. The molecule has 4 rings (SSSR count). The average Bonchev–Trinajstić information content (AvgIpc) is 3.34. The van der Waals surface area contributed by atoms with Gasteiger partial charge in [0.2, 0.25) is 12.7 Å². The number of carbonyl (C=O) groups is 1.